The molecule has 0 spiro atoms. The van der Waals surface area contributed by atoms with E-state index in [1.807, 2.05) is 30.3 Å². The van der Waals surface area contributed by atoms with Crippen LogP contribution in [0.2, 0.25) is 5.02 Å². The number of hydrogen-bond donors (Lipinski definition) is 1. The maximum absolute atomic E-state index is 14.4. The standard InChI is InChI=1S/C23H19ClFNO2/c1-16(23(27)13-14-26-19-9-7-18(24)8-10-19)28-20-11-12-21(22(25)15-20)17-5-3-2-4-6-17/h2-16,26H,1H3/b14-13+. The maximum atomic E-state index is 14.4. The molecule has 0 heterocycles. The molecule has 3 aromatic rings. The number of nitrogens with one attached hydrogen (secondary N) is 1. The summed E-state index contributed by atoms with van der Waals surface area (Å²) >= 11 is 5.83. The summed E-state index contributed by atoms with van der Waals surface area (Å²) < 4.78 is 20.0. The summed E-state index contributed by atoms with van der Waals surface area (Å²) in [5.41, 5.74) is 2.08. The zero-order chi connectivity index (χ0) is 19.9. The molecular formula is C23H19ClFNO2. The van der Waals surface area contributed by atoms with Crippen LogP contribution in [0, 0.1) is 5.82 Å². The van der Waals surface area contributed by atoms with Gasteiger partial charge in [-0.25, -0.2) is 4.39 Å². The van der Waals surface area contributed by atoms with Crippen molar-refractivity contribution in [1.82, 2.24) is 0 Å². The third-order valence-electron chi connectivity index (χ3n) is 4.08. The second-order valence-electron chi connectivity index (χ2n) is 6.15. The van der Waals surface area contributed by atoms with Crippen molar-refractivity contribution in [3.8, 4) is 16.9 Å². The average Bonchev–Trinajstić information content (AvgIpc) is 2.70. The number of ketones is 1. The van der Waals surface area contributed by atoms with Crippen molar-refractivity contribution in [2.24, 2.45) is 0 Å². The number of benzene rings is 3. The highest BCUT2D eigenvalue weighted by Crippen LogP contribution is 2.26. The lowest BCUT2D eigenvalue weighted by Crippen LogP contribution is -2.22. The van der Waals surface area contributed by atoms with Crippen LogP contribution >= 0.6 is 11.6 Å². The van der Waals surface area contributed by atoms with Crippen LogP contribution in [0.25, 0.3) is 11.1 Å². The van der Waals surface area contributed by atoms with Crippen molar-refractivity contribution >= 4 is 23.1 Å². The first-order valence-corrected chi connectivity index (χ1v) is 9.15. The van der Waals surface area contributed by atoms with Gasteiger partial charge in [-0.15, -0.1) is 0 Å². The van der Waals surface area contributed by atoms with Gasteiger partial charge in [-0.3, -0.25) is 4.79 Å². The maximum Gasteiger partial charge on any atom is 0.197 e. The summed E-state index contributed by atoms with van der Waals surface area (Å²) in [5.74, 6) is -0.339. The Morgan fingerprint density at radius 3 is 2.46 bits per heavy atom. The number of rotatable bonds is 7. The molecule has 0 saturated heterocycles. The minimum absolute atomic E-state index is 0.242. The molecule has 0 amide bonds. The van der Waals surface area contributed by atoms with Crippen LogP contribution in [-0.2, 0) is 4.79 Å². The van der Waals surface area contributed by atoms with E-state index in [0.29, 0.717) is 16.3 Å². The number of carbonyl (C=O) groups excluding carboxylic acids is 1. The number of ether oxygens (including phenoxy) is 1. The van der Waals surface area contributed by atoms with E-state index in [-0.39, 0.29) is 5.78 Å². The zero-order valence-corrected chi connectivity index (χ0v) is 16.0. The fourth-order valence-electron chi connectivity index (χ4n) is 2.58. The van der Waals surface area contributed by atoms with Gasteiger partial charge in [0.2, 0.25) is 0 Å². The predicted octanol–water partition coefficient (Wildman–Crippen LogP) is 6.11. The van der Waals surface area contributed by atoms with Crippen molar-refractivity contribution in [3.63, 3.8) is 0 Å². The van der Waals surface area contributed by atoms with Crippen molar-refractivity contribution in [3.05, 3.63) is 95.9 Å². The molecule has 0 aliphatic carbocycles. The Bertz CT molecular complexity index is 972. The smallest absolute Gasteiger partial charge is 0.197 e. The summed E-state index contributed by atoms with van der Waals surface area (Å²) in [6.45, 7) is 1.62. The van der Waals surface area contributed by atoms with E-state index in [1.54, 1.807) is 43.3 Å². The lowest BCUT2D eigenvalue weighted by Gasteiger charge is -2.13. The Hall–Kier alpha value is -3.11. The van der Waals surface area contributed by atoms with E-state index in [9.17, 15) is 9.18 Å². The molecule has 3 aromatic carbocycles. The molecule has 1 unspecified atom stereocenters. The molecule has 142 valence electrons. The summed E-state index contributed by atoms with van der Waals surface area (Å²) in [6, 6.07) is 20.9. The second-order valence-corrected chi connectivity index (χ2v) is 6.59. The zero-order valence-electron chi connectivity index (χ0n) is 15.2. The molecule has 28 heavy (non-hydrogen) atoms. The molecule has 3 nitrogen and oxygen atoms in total. The highest BCUT2D eigenvalue weighted by atomic mass is 35.5. The molecule has 3 rings (SSSR count). The first kappa shape index (κ1) is 19.6. The Kier molecular flexibility index (Phi) is 6.45. The quantitative estimate of drug-likeness (QED) is 0.490. The van der Waals surface area contributed by atoms with Crippen LogP contribution in [0.15, 0.2) is 85.1 Å². The molecule has 0 bridgehead atoms. The van der Waals surface area contributed by atoms with Gasteiger partial charge in [0.25, 0.3) is 0 Å². The molecule has 1 N–H and O–H groups in total. The second kappa shape index (κ2) is 9.20. The Morgan fingerprint density at radius 2 is 1.79 bits per heavy atom. The van der Waals surface area contributed by atoms with Crippen LogP contribution in [0.4, 0.5) is 10.1 Å². The highest BCUT2D eigenvalue weighted by molar-refractivity contribution is 6.30. The normalized spacial score (nSPS) is 12.0. The van der Waals surface area contributed by atoms with Crippen LogP contribution in [0.3, 0.4) is 0 Å². The van der Waals surface area contributed by atoms with Gasteiger partial charge in [-0.2, -0.15) is 0 Å². The largest absolute Gasteiger partial charge is 0.482 e. The summed E-state index contributed by atoms with van der Waals surface area (Å²) in [6.07, 6.45) is 2.17. The Morgan fingerprint density at radius 1 is 1.07 bits per heavy atom. The summed E-state index contributed by atoms with van der Waals surface area (Å²) in [7, 11) is 0. The van der Waals surface area contributed by atoms with Crippen LogP contribution in [0.5, 0.6) is 5.75 Å². The highest BCUT2D eigenvalue weighted by Gasteiger charge is 2.13. The number of carbonyl (C=O) groups is 1. The SMILES string of the molecule is CC(Oc1ccc(-c2ccccc2)c(F)c1)C(=O)/C=C/Nc1ccc(Cl)cc1. The van der Waals surface area contributed by atoms with Gasteiger partial charge in [-0.1, -0.05) is 41.9 Å². The van der Waals surface area contributed by atoms with E-state index in [2.05, 4.69) is 5.32 Å². The van der Waals surface area contributed by atoms with E-state index in [1.165, 1.54) is 18.3 Å². The lowest BCUT2D eigenvalue weighted by atomic mass is 10.1. The van der Waals surface area contributed by atoms with Crippen molar-refractivity contribution in [1.29, 1.82) is 0 Å². The third kappa shape index (κ3) is 5.21. The van der Waals surface area contributed by atoms with E-state index >= 15 is 0 Å². The molecule has 0 aliphatic rings. The van der Waals surface area contributed by atoms with Crippen LogP contribution < -0.4 is 10.1 Å². The van der Waals surface area contributed by atoms with Crippen LogP contribution in [0.1, 0.15) is 6.92 Å². The fraction of sp³-hybridized carbons (Fsp3) is 0.0870. The van der Waals surface area contributed by atoms with E-state index < -0.39 is 11.9 Å². The van der Waals surface area contributed by atoms with Gasteiger partial charge in [-0.05, 0) is 48.9 Å². The molecule has 0 aromatic heterocycles. The average molecular weight is 396 g/mol. The Balaban J connectivity index is 1.59. The van der Waals surface area contributed by atoms with Gasteiger partial charge in [0.1, 0.15) is 11.6 Å². The van der Waals surface area contributed by atoms with Crippen LogP contribution in [-0.4, -0.2) is 11.9 Å². The van der Waals surface area contributed by atoms with Crippen molar-refractivity contribution < 1.29 is 13.9 Å². The van der Waals surface area contributed by atoms with Gasteiger partial charge >= 0.3 is 0 Å². The van der Waals surface area contributed by atoms with Gasteiger partial charge in [0.05, 0.1) is 0 Å². The van der Waals surface area contributed by atoms with Crippen molar-refractivity contribution in [2.75, 3.05) is 5.32 Å². The molecule has 5 heteroatoms. The molecule has 0 fully saturated rings. The topological polar surface area (TPSA) is 38.3 Å². The summed E-state index contributed by atoms with van der Waals surface area (Å²) in [5, 5.41) is 3.62. The Labute approximate surface area is 168 Å². The van der Waals surface area contributed by atoms with E-state index in [4.69, 9.17) is 16.3 Å². The molecule has 0 saturated carbocycles. The molecule has 0 aliphatic heterocycles. The lowest BCUT2D eigenvalue weighted by molar-refractivity contribution is -0.120. The summed E-state index contributed by atoms with van der Waals surface area (Å²) in [4.78, 5) is 12.2. The van der Waals surface area contributed by atoms with E-state index in [0.717, 1.165) is 11.3 Å². The monoisotopic (exact) mass is 395 g/mol. The number of hydrogen-bond acceptors (Lipinski definition) is 3. The molecular weight excluding hydrogens is 377 g/mol. The first-order valence-electron chi connectivity index (χ1n) is 8.77. The predicted molar refractivity (Wildman–Crippen MR) is 111 cm³/mol. The van der Waals surface area contributed by atoms with Gasteiger partial charge in [0.15, 0.2) is 11.9 Å². The number of halogens is 2. The minimum atomic E-state index is -0.745. The first-order chi connectivity index (χ1) is 13.5. The third-order valence-corrected chi connectivity index (χ3v) is 4.33. The number of anilines is 1. The van der Waals surface area contributed by atoms with Gasteiger partial charge in [0, 0.05) is 34.6 Å². The molecule has 0 radical (unpaired) electrons. The molecule has 1 atom stereocenters. The fourth-order valence-corrected chi connectivity index (χ4v) is 2.71. The van der Waals surface area contributed by atoms with Gasteiger partial charge < -0.3 is 10.1 Å². The van der Waals surface area contributed by atoms with Crippen molar-refractivity contribution in [2.45, 2.75) is 13.0 Å². The minimum Gasteiger partial charge on any atom is -0.482 e.